The first-order valence-electron chi connectivity index (χ1n) is 16.1. The van der Waals surface area contributed by atoms with Gasteiger partial charge in [0, 0.05) is 23.8 Å². The summed E-state index contributed by atoms with van der Waals surface area (Å²) in [7, 11) is 0. The van der Waals surface area contributed by atoms with Crippen molar-refractivity contribution in [3.8, 4) is 28.6 Å². The number of aliphatic hydroxyl groups excluding tert-OH is 8. The number of phenolic OH excluding ortho intramolecular Hbond substituents is 2. The largest absolute Gasteiger partial charge is 0.508 e. The molecule has 10 N–H and O–H groups in total. The van der Waals surface area contributed by atoms with Crippen molar-refractivity contribution in [3.05, 3.63) is 52.7 Å². The highest BCUT2D eigenvalue weighted by atomic mass is 16.8. The van der Waals surface area contributed by atoms with Gasteiger partial charge in [-0.25, -0.2) is 0 Å². The Bertz CT molecular complexity index is 1720. The molecule has 280 valence electrons. The van der Waals surface area contributed by atoms with Gasteiger partial charge in [-0.05, 0) is 38.1 Å². The van der Waals surface area contributed by atoms with Crippen LogP contribution in [0.3, 0.4) is 0 Å². The number of rotatable bonds is 8. The quantitative estimate of drug-likeness (QED) is 0.117. The fraction of sp³-hybridized carbons (Fsp3) is 0.545. The molecule has 0 radical (unpaired) electrons. The van der Waals surface area contributed by atoms with Crippen LogP contribution in [-0.2, 0) is 23.7 Å². The number of fused-ring (bicyclic) bond motifs is 1. The van der Waals surface area contributed by atoms with Crippen LogP contribution in [-0.4, -0.2) is 150 Å². The maximum absolute atomic E-state index is 13.0. The average Bonchev–Trinajstić information content (AvgIpc) is 3.09. The van der Waals surface area contributed by atoms with E-state index in [1.165, 1.54) is 44.2 Å². The van der Waals surface area contributed by atoms with E-state index < -0.39 is 110 Å². The summed E-state index contributed by atoms with van der Waals surface area (Å²) >= 11 is 0. The van der Waals surface area contributed by atoms with Gasteiger partial charge in [-0.15, -0.1) is 0 Å². The third-order valence-corrected chi connectivity index (χ3v) is 9.18. The summed E-state index contributed by atoms with van der Waals surface area (Å²) in [5.74, 6) is -0.682. The summed E-state index contributed by atoms with van der Waals surface area (Å²) in [5.41, 5.74) is -0.311. The van der Waals surface area contributed by atoms with Crippen LogP contribution < -0.4 is 10.2 Å². The van der Waals surface area contributed by atoms with Crippen LogP contribution in [0.2, 0.25) is 0 Å². The Morgan fingerprint density at radius 3 is 1.80 bits per heavy atom. The second-order valence-corrected chi connectivity index (χ2v) is 12.7. The molecule has 3 fully saturated rings. The van der Waals surface area contributed by atoms with Gasteiger partial charge in [0.2, 0.25) is 6.29 Å². The predicted molar refractivity (Wildman–Crippen MR) is 168 cm³/mol. The molecule has 0 bridgehead atoms. The third-order valence-electron chi connectivity index (χ3n) is 9.18. The third kappa shape index (κ3) is 7.29. The van der Waals surface area contributed by atoms with Gasteiger partial charge in [-0.1, -0.05) is 0 Å². The monoisotopic (exact) mass is 724 g/mol. The maximum atomic E-state index is 13.0. The van der Waals surface area contributed by atoms with Crippen molar-refractivity contribution in [2.75, 3.05) is 6.61 Å². The zero-order chi connectivity index (χ0) is 36.9. The summed E-state index contributed by atoms with van der Waals surface area (Å²) < 4.78 is 40.6. The van der Waals surface area contributed by atoms with E-state index in [-0.39, 0.29) is 28.2 Å². The van der Waals surface area contributed by atoms with Crippen LogP contribution in [0.15, 0.2) is 51.7 Å². The highest BCUT2D eigenvalue weighted by Gasteiger charge is 2.54. The van der Waals surface area contributed by atoms with Gasteiger partial charge in [0.05, 0.1) is 18.8 Å². The number of aliphatic hydroxyl groups is 8. The van der Waals surface area contributed by atoms with Crippen molar-refractivity contribution < 1.29 is 83.9 Å². The minimum Gasteiger partial charge on any atom is -0.508 e. The number of ether oxygens (including phenoxy) is 6. The van der Waals surface area contributed by atoms with Crippen molar-refractivity contribution in [2.24, 2.45) is 0 Å². The van der Waals surface area contributed by atoms with Crippen molar-refractivity contribution in [3.63, 3.8) is 0 Å². The van der Waals surface area contributed by atoms with E-state index in [1.54, 1.807) is 0 Å². The molecule has 3 aliphatic heterocycles. The Hall–Kier alpha value is -3.47. The molecular weight excluding hydrogens is 684 g/mol. The van der Waals surface area contributed by atoms with E-state index in [0.717, 1.165) is 12.1 Å². The summed E-state index contributed by atoms with van der Waals surface area (Å²) in [5, 5.41) is 104. The molecular formula is C33H40O18. The van der Waals surface area contributed by atoms with Crippen LogP contribution in [0.1, 0.15) is 13.8 Å². The van der Waals surface area contributed by atoms with Gasteiger partial charge in [-0.3, -0.25) is 4.79 Å². The van der Waals surface area contributed by atoms with Crippen molar-refractivity contribution in [2.45, 2.75) is 106 Å². The minimum absolute atomic E-state index is 0.0184. The fourth-order valence-corrected chi connectivity index (χ4v) is 6.22. The topological polar surface area (TPSA) is 288 Å². The summed E-state index contributed by atoms with van der Waals surface area (Å²) in [6.07, 6.45) is -23.9. The Kier molecular flexibility index (Phi) is 10.9. The minimum atomic E-state index is -1.88. The van der Waals surface area contributed by atoms with E-state index >= 15 is 0 Å². The number of aromatic hydroxyl groups is 2. The molecule has 0 aliphatic carbocycles. The smallest absolute Gasteiger partial charge is 0.229 e. The van der Waals surface area contributed by atoms with Gasteiger partial charge in [-0.2, -0.15) is 0 Å². The summed E-state index contributed by atoms with van der Waals surface area (Å²) in [6.45, 7) is 1.98. The standard InChI is InChI=1S/C33H40O18/c1-11-22(38)24(40)26(42)31(45-11)50-29-20(10-34)49-33(30(28(29)44)51-32-27(43)25(41)23(39)12(2)46-32)47-15-7-16(36)21-17(37)9-18(48-19(21)8-15)13-3-5-14(35)6-4-13/h3-9,11-12,20,22-36,38-44H,10H2,1-2H3/t11-,12-,20+,22-,23-,24+,25+,26+,27+,28-,29+,30+,31-,32-,33+/m0/s1. The molecule has 1 aromatic heterocycles. The Labute approximate surface area is 288 Å². The molecule has 0 spiro atoms. The maximum Gasteiger partial charge on any atom is 0.229 e. The van der Waals surface area contributed by atoms with Crippen LogP contribution in [0.25, 0.3) is 22.3 Å². The molecule has 3 saturated heterocycles. The number of phenols is 2. The van der Waals surface area contributed by atoms with Gasteiger partial charge in [0.25, 0.3) is 0 Å². The molecule has 51 heavy (non-hydrogen) atoms. The normalized spacial score (nSPS) is 38.8. The Balaban J connectivity index is 1.33. The lowest BCUT2D eigenvalue weighted by molar-refractivity contribution is -0.376. The molecule has 6 rings (SSSR count). The van der Waals surface area contributed by atoms with E-state index in [1.807, 2.05) is 0 Å². The van der Waals surface area contributed by atoms with Crippen LogP contribution in [0.5, 0.6) is 17.2 Å². The summed E-state index contributed by atoms with van der Waals surface area (Å²) in [4.78, 5) is 13.0. The number of hydrogen-bond acceptors (Lipinski definition) is 18. The van der Waals surface area contributed by atoms with E-state index in [0.29, 0.717) is 5.56 Å². The van der Waals surface area contributed by atoms with Gasteiger partial charge < -0.3 is 83.9 Å². The fourth-order valence-electron chi connectivity index (χ4n) is 6.22. The van der Waals surface area contributed by atoms with Crippen LogP contribution in [0.4, 0.5) is 0 Å². The van der Waals surface area contributed by atoms with Crippen molar-refractivity contribution in [1.29, 1.82) is 0 Å². The molecule has 15 atom stereocenters. The molecule has 4 heterocycles. The number of hydrogen-bond donors (Lipinski definition) is 10. The predicted octanol–water partition coefficient (Wildman–Crippen LogP) is -2.25. The summed E-state index contributed by atoms with van der Waals surface area (Å²) in [6, 6.07) is 9.22. The first-order valence-corrected chi connectivity index (χ1v) is 16.1. The molecule has 0 amide bonds. The lowest BCUT2D eigenvalue weighted by Crippen LogP contribution is -2.66. The first-order chi connectivity index (χ1) is 24.2. The highest BCUT2D eigenvalue weighted by Crippen LogP contribution is 2.36. The van der Waals surface area contributed by atoms with E-state index in [2.05, 4.69) is 0 Å². The van der Waals surface area contributed by atoms with Gasteiger partial charge in [0.15, 0.2) is 24.1 Å². The van der Waals surface area contributed by atoms with Gasteiger partial charge >= 0.3 is 0 Å². The highest BCUT2D eigenvalue weighted by molar-refractivity contribution is 5.86. The molecule has 0 saturated carbocycles. The second-order valence-electron chi connectivity index (χ2n) is 12.7. The molecule has 2 aromatic carbocycles. The van der Waals surface area contributed by atoms with E-state index in [4.69, 9.17) is 32.8 Å². The Morgan fingerprint density at radius 1 is 0.667 bits per heavy atom. The van der Waals surface area contributed by atoms with Crippen molar-refractivity contribution >= 4 is 11.0 Å². The van der Waals surface area contributed by atoms with Gasteiger partial charge in [0.1, 0.15) is 88.9 Å². The SMILES string of the molecule is C[C@@H]1O[C@@H](O[C@H]2[C@H](Oc3cc(O)c4c(=O)cc(-c5ccc(O)cc5)oc4c3)O[C@H](CO)[C@@H](O[C@@H]3O[C@@H](C)[C@H](O)[C@@H](O)[C@H]3O)[C@@H]2O)[C@H](O)[C@H](O)[C@H]1O. The van der Waals surface area contributed by atoms with Crippen molar-refractivity contribution in [1.82, 2.24) is 0 Å². The molecule has 3 aliphatic rings. The Morgan fingerprint density at radius 2 is 1.24 bits per heavy atom. The van der Waals surface area contributed by atoms with Crippen LogP contribution in [0, 0.1) is 0 Å². The zero-order valence-electron chi connectivity index (χ0n) is 27.1. The lowest BCUT2D eigenvalue weighted by Gasteiger charge is -2.48. The number of benzene rings is 2. The molecule has 18 nitrogen and oxygen atoms in total. The molecule has 0 unspecified atom stereocenters. The van der Waals surface area contributed by atoms with E-state index in [9.17, 15) is 55.9 Å². The zero-order valence-corrected chi connectivity index (χ0v) is 27.1. The molecule has 3 aromatic rings. The molecule has 18 heteroatoms. The lowest BCUT2D eigenvalue weighted by atomic mass is 9.96. The first kappa shape index (κ1) is 37.3. The van der Waals surface area contributed by atoms with Crippen LogP contribution >= 0.6 is 0 Å². The second kappa shape index (κ2) is 14.9. The average molecular weight is 725 g/mol.